The van der Waals surface area contributed by atoms with Crippen molar-refractivity contribution in [3.05, 3.63) is 59.4 Å². The fourth-order valence-corrected chi connectivity index (χ4v) is 6.15. The smallest absolute Gasteiger partial charge is 0.255 e. The molecular formula is C24H27N5O3S. The van der Waals surface area contributed by atoms with Gasteiger partial charge in [-0.25, -0.2) is 8.42 Å². The quantitative estimate of drug-likeness (QED) is 0.635. The van der Waals surface area contributed by atoms with Gasteiger partial charge in [-0.05, 0) is 62.1 Å². The topological polar surface area (TPSA) is 97.2 Å². The lowest BCUT2D eigenvalue weighted by Gasteiger charge is -2.21. The zero-order valence-electron chi connectivity index (χ0n) is 18.8. The fourth-order valence-electron chi connectivity index (χ4n) is 4.89. The maximum atomic E-state index is 13.0. The van der Waals surface area contributed by atoms with Crippen LogP contribution in [0.1, 0.15) is 47.9 Å². The molecule has 0 radical (unpaired) electrons. The number of nitrogens with zero attached hydrogens (tertiary/aromatic N) is 4. The second-order valence-electron chi connectivity index (χ2n) is 8.89. The number of aromatic nitrogens is 3. The lowest BCUT2D eigenvalue weighted by molar-refractivity contribution is 0.102. The van der Waals surface area contributed by atoms with Gasteiger partial charge in [-0.15, -0.1) is 10.2 Å². The van der Waals surface area contributed by atoms with Crippen molar-refractivity contribution in [2.45, 2.75) is 51.6 Å². The molecule has 0 saturated heterocycles. The fraction of sp³-hybridized carbons (Fsp3) is 0.375. The van der Waals surface area contributed by atoms with Crippen LogP contribution in [-0.2, 0) is 29.4 Å². The summed E-state index contributed by atoms with van der Waals surface area (Å²) in [5.74, 6) is 1.61. The van der Waals surface area contributed by atoms with Crippen LogP contribution < -0.4 is 9.62 Å². The first kappa shape index (κ1) is 21.6. The van der Waals surface area contributed by atoms with Gasteiger partial charge in [-0.2, -0.15) is 0 Å². The number of hydrogen-bond acceptors (Lipinski definition) is 5. The highest BCUT2D eigenvalue weighted by Crippen LogP contribution is 2.35. The van der Waals surface area contributed by atoms with Gasteiger partial charge >= 0.3 is 0 Å². The number of carbonyl (C=O) groups excluding carboxylic acids is 1. The van der Waals surface area contributed by atoms with Crippen LogP contribution in [0.25, 0.3) is 11.4 Å². The van der Waals surface area contributed by atoms with Gasteiger partial charge < -0.3 is 9.88 Å². The van der Waals surface area contributed by atoms with Crippen LogP contribution in [0.5, 0.6) is 0 Å². The van der Waals surface area contributed by atoms with E-state index in [-0.39, 0.29) is 11.9 Å². The van der Waals surface area contributed by atoms with Crippen molar-refractivity contribution in [2.75, 3.05) is 15.9 Å². The largest absolute Gasteiger partial charge is 0.322 e. The van der Waals surface area contributed by atoms with E-state index in [9.17, 15) is 13.2 Å². The Morgan fingerprint density at radius 2 is 1.94 bits per heavy atom. The predicted molar refractivity (Wildman–Crippen MR) is 128 cm³/mol. The van der Waals surface area contributed by atoms with Crippen LogP contribution in [0.3, 0.4) is 0 Å². The third-order valence-corrected chi connectivity index (χ3v) is 7.61. The van der Waals surface area contributed by atoms with E-state index in [0.717, 1.165) is 48.6 Å². The van der Waals surface area contributed by atoms with E-state index in [1.807, 2.05) is 31.2 Å². The molecule has 1 atom stereocenters. The highest BCUT2D eigenvalue weighted by molar-refractivity contribution is 7.92. The van der Waals surface area contributed by atoms with Gasteiger partial charge in [0.05, 0.1) is 11.9 Å². The van der Waals surface area contributed by atoms with Crippen molar-refractivity contribution in [1.82, 2.24) is 14.8 Å². The van der Waals surface area contributed by atoms with E-state index >= 15 is 0 Å². The Morgan fingerprint density at radius 3 is 2.76 bits per heavy atom. The number of fused-ring (bicyclic) bond motifs is 2. The van der Waals surface area contributed by atoms with Crippen molar-refractivity contribution in [2.24, 2.45) is 0 Å². The molecule has 2 aliphatic heterocycles. The number of hydrogen-bond donors (Lipinski definition) is 1. The average molecular weight is 466 g/mol. The minimum atomic E-state index is -3.36. The van der Waals surface area contributed by atoms with Crippen molar-refractivity contribution in [3.8, 4) is 11.4 Å². The summed E-state index contributed by atoms with van der Waals surface area (Å²) in [6, 6.07) is 12.7. The number of sulfonamides is 1. The highest BCUT2D eigenvalue weighted by Gasteiger charge is 2.32. The van der Waals surface area contributed by atoms with Gasteiger partial charge in [0, 0.05) is 35.8 Å². The Hall–Kier alpha value is -3.20. The van der Waals surface area contributed by atoms with Crippen LogP contribution in [0.15, 0.2) is 42.5 Å². The third-order valence-electron chi connectivity index (χ3n) is 6.34. The summed E-state index contributed by atoms with van der Waals surface area (Å²) in [4.78, 5) is 13.0. The molecule has 0 saturated carbocycles. The SMILES string of the molecule is C[C@@H]1Cc2cc(C(=O)Nc3cccc(-c4nnc5n4CCCCC5)c3)ccc2N1S(C)(=O)=O. The van der Waals surface area contributed by atoms with E-state index in [2.05, 4.69) is 20.1 Å². The summed E-state index contributed by atoms with van der Waals surface area (Å²) in [7, 11) is -3.36. The summed E-state index contributed by atoms with van der Waals surface area (Å²) < 4.78 is 27.9. The zero-order valence-corrected chi connectivity index (χ0v) is 19.6. The minimum Gasteiger partial charge on any atom is -0.322 e. The molecule has 0 bridgehead atoms. The zero-order chi connectivity index (χ0) is 23.2. The Bertz CT molecular complexity index is 1330. The Labute approximate surface area is 193 Å². The maximum absolute atomic E-state index is 13.0. The molecule has 2 aliphatic rings. The molecule has 9 heteroatoms. The van der Waals surface area contributed by atoms with Crippen molar-refractivity contribution < 1.29 is 13.2 Å². The molecular weight excluding hydrogens is 438 g/mol. The van der Waals surface area contributed by atoms with Gasteiger partial charge in [0.15, 0.2) is 5.82 Å². The molecule has 0 spiro atoms. The third kappa shape index (κ3) is 4.13. The van der Waals surface area contributed by atoms with Crippen LogP contribution in [0.2, 0.25) is 0 Å². The Morgan fingerprint density at radius 1 is 1.09 bits per heavy atom. The molecule has 1 N–H and O–H groups in total. The van der Waals surface area contributed by atoms with Crippen molar-refractivity contribution in [3.63, 3.8) is 0 Å². The molecule has 172 valence electrons. The first-order valence-electron chi connectivity index (χ1n) is 11.3. The lowest BCUT2D eigenvalue weighted by Crippen LogP contribution is -2.34. The number of aryl methyl sites for hydroxylation is 1. The number of nitrogens with one attached hydrogen (secondary N) is 1. The minimum absolute atomic E-state index is 0.164. The maximum Gasteiger partial charge on any atom is 0.255 e. The van der Waals surface area contributed by atoms with Crippen LogP contribution >= 0.6 is 0 Å². The number of amides is 1. The van der Waals surface area contributed by atoms with E-state index in [1.54, 1.807) is 18.2 Å². The summed E-state index contributed by atoms with van der Waals surface area (Å²) in [5, 5.41) is 11.7. The Kier molecular flexibility index (Phi) is 5.44. The normalized spacial score (nSPS) is 17.9. The van der Waals surface area contributed by atoms with Gasteiger partial charge in [-0.3, -0.25) is 9.10 Å². The summed E-state index contributed by atoms with van der Waals surface area (Å²) >= 11 is 0. The summed E-state index contributed by atoms with van der Waals surface area (Å²) in [5.41, 5.74) is 3.60. The number of rotatable bonds is 4. The molecule has 1 amide bonds. The van der Waals surface area contributed by atoms with Gasteiger partial charge in [0.1, 0.15) is 5.82 Å². The highest BCUT2D eigenvalue weighted by atomic mass is 32.2. The number of carbonyl (C=O) groups is 1. The number of benzene rings is 2. The van der Waals surface area contributed by atoms with Crippen molar-refractivity contribution >= 4 is 27.3 Å². The lowest BCUT2D eigenvalue weighted by atomic mass is 10.1. The molecule has 1 aromatic heterocycles. The van der Waals surface area contributed by atoms with Gasteiger partial charge in [0.25, 0.3) is 5.91 Å². The molecule has 8 nitrogen and oxygen atoms in total. The molecule has 3 aromatic rings. The van der Waals surface area contributed by atoms with Gasteiger partial charge in [0.2, 0.25) is 10.0 Å². The monoisotopic (exact) mass is 465 g/mol. The van der Waals surface area contributed by atoms with Crippen LogP contribution in [0, 0.1) is 0 Å². The number of anilines is 2. The van der Waals surface area contributed by atoms with E-state index in [1.165, 1.54) is 17.0 Å². The molecule has 2 aromatic carbocycles. The molecule has 33 heavy (non-hydrogen) atoms. The summed E-state index contributed by atoms with van der Waals surface area (Å²) in [6.07, 6.45) is 6.17. The summed E-state index contributed by atoms with van der Waals surface area (Å²) in [6.45, 7) is 2.78. The standard InChI is InChI=1S/C24H27N5O3S/c1-16-13-19-14-18(10-11-21(19)29(16)33(2,31)32)24(30)25-20-8-6-7-17(15-20)23-27-26-22-9-4-3-5-12-28(22)23/h6-8,10-11,14-16H,3-5,9,12-13H2,1-2H3,(H,25,30)/t16-/m1/s1. The van der Waals surface area contributed by atoms with Crippen molar-refractivity contribution in [1.29, 1.82) is 0 Å². The first-order valence-corrected chi connectivity index (χ1v) is 13.1. The van der Waals surface area contributed by atoms with E-state index < -0.39 is 10.0 Å². The van der Waals surface area contributed by atoms with E-state index in [0.29, 0.717) is 23.4 Å². The second-order valence-corrected chi connectivity index (χ2v) is 10.8. The average Bonchev–Trinajstić information content (AvgIpc) is 3.24. The predicted octanol–water partition coefficient (Wildman–Crippen LogP) is 3.63. The van der Waals surface area contributed by atoms with Crippen LogP contribution in [0.4, 0.5) is 11.4 Å². The second kappa shape index (κ2) is 8.30. The molecule has 3 heterocycles. The molecule has 0 fully saturated rings. The Balaban J connectivity index is 1.38. The van der Waals surface area contributed by atoms with Crippen LogP contribution in [-0.4, -0.2) is 41.4 Å². The molecule has 0 aliphatic carbocycles. The van der Waals surface area contributed by atoms with E-state index in [4.69, 9.17) is 0 Å². The molecule has 5 rings (SSSR count). The first-order chi connectivity index (χ1) is 15.8. The van der Waals surface area contributed by atoms with Gasteiger partial charge in [-0.1, -0.05) is 18.6 Å². The molecule has 0 unspecified atom stereocenters.